The van der Waals surface area contributed by atoms with E-state index in [1.165, 1.54) is 0 Å². The summed E-state index contributed by atoms with van der Waals surface area (Å²) in [5, 5.41) is 0. The summed E-state index contributed by atoms with van der Waals surface area (Å²) in [5.41, 5.74) is 1.51. The van der Waals surface area contributed by atoms with E-state index in [4.69, 9.17) is 4.74 Å². The topological polar surface area (TPSA) is 84.0 Å². The van der Waals surface area contributed by atoms with Crippen LogP contribution in [0.15, 0.2) is 36.0 Å². The zero-order valence-corrected chi connectivity index (χ0v) is 15.3. The zero-order chi connectivity index (χ0) is 19.4. The summed E-state index contributed by atoms with van der Waals surface area (Å²) in [7, 11) is 0. The van der Waals surface area contributed by atoms with Crippen molar-refractivity contribution in [3.8, 4) is 0 Å². The zero-order valence-electron chi connectivity index (χ0n) is 15.3. The third-order valence-electron chi connectivity index (χ3n) is 4.75. The number of carbonyl (C=O) groups excluding carboxylic acids is 4. The van der Waals surface area contributed by atoms with Gasteiger partial charge in [0.25, 0.3) is 17.7 Å². The maximum atomic E-state index is 12.4. The standard InChI is InChI=1S/C20H22N2O5/c1-2-21(14-8-4-3-5-9-14)17(23)13-27-18(24)12-22-19(25)15-10-6-7-11-16(15)20(22)26/h6-8,10-11H,2-5,9,12-13H2,1H3. The quantitative estimate of drug-likeness (QED) is 0.566. The molecule has 1 aliphatic carbocycles. The second kappa shape index (κ2) is 8.16. The number of ether oxygens (including phenoxy) is 1. The molecule has 0 N–H and O–H groups in total. The highest BCUT2D eigenvalue weighted by atomic mass is 16.5. The lowest BCUT2D eigenvalue weighted by Crippen LogP contribution is -2.38. The van der Waals surface area contributed by atoms with Crippen LogP contribution < -0.4 is 0 Å². The van der Waals surface area contributed by atoms with Crippen molar-refractivity contribution >= 4 is 23.7 Å². The number of carbonyl (C=O) groups is 4. The summed E-state index contributed by atoms with van der Waals surface area (Å²) in [4.78, 5) is 51.4. The average molecular weight is 370 g/mol. The SMILES string of the molecule is CCN(C(=O)COC(=O)CN1C(=O)c2ccccc2C1=O)C1=CCCCC1. The Kier molecular flexibility index (Phi) is 5.69. The highest BCUT2D eigenvalue weighted by Crippen LogP contribution is 2.23. The monoisotopic (exact) mass is 370 g/mol. The Morgan fingerprint density at radius 1 is 1.11 bits per heavy atom. The van der Waals surface area contributed by atoms with Crippen molar-refractivity contribution in [3.63, 3.8) is 0 Å². The van der Waals surface area contributed by atoms with Gasteiger partial charge in [-0.15, -0.1) is 0 Å². The van der Waals surface area contributed by atoms with Crippen LogP contribution in [-0.2, 0) is 14.3 Å². The molecule has 0 bridgehead atoms. The van der Waals surface area contributed by atoms with Crippen LogP contribution in [0.4, 0.5) is 0 Å². The molecule has 0 radical (unpaired) electrons. The van der Waals surface area contributed by atoms with Crippen molar-refractivity contribution in [1.29, 1.82) is 0 Å². The molecule has 7 nitrogen and oxygen atoms in total. The normalized spacial score (nSPS) is 16.0. The number of likely N-dealkylation sites (N-methyl/N-ethyl adjacent to an activating group) is 1. The summed E-state index contributed by atoms with van der Waals surface area (Å²) in [6.07, 6.45) is 5.98. The molecule has 1 heterocycles. The molecule has 142 valence electrons. The number of nitrogens with zero attached hydrogens (tertiary/aromatic N) is 2. The fraction of sp³-hybridized carbons (Fsp3) is 0.400. The molecule has 2 aliphatic rings. The van der Waals surface area contributed by atoms with Gasteiger partial charge in [-0.3, -0.25) is 24.1 Å². The van der Waals surface area contributed by atoms with Crippen molar-refractivity contribution in [1.82, 2.24) is 9.80 Å². The Morgan fingerprint density at radius 3 is 2.33 bits per heavy atom. The molecule has 0 atom stereocenters. The van der Waals surface area contributed by atoms with Gasteiger partial charge >= 0.3 is 5.97 Å². The highest BCUT2D eigenvalue weighted by molar-refractivity contribution is 6.22. The molecule has 3 amide bonds. The maximum Gasteiger partial charge on any atom is 0.326 e. The minimum Gasteiger partial charge on any atom is -0.454 e. The van der Waals surface area contributed by atoms with E-state index in [2.05, 4.69) is 0 Å². The number of benzene rings is 1. The third-order valence-corrected chi connectivity index (χ3v) is 4.75. The van der Waals surface area contributed by atoms with Gasteiger partial charge in [-0.05, 0) is 44.7 Å². The van der Waals surface area contributed by atoms with Crippen LogP contribution in [0.2, 0.25) is 0 Å². The Labute approximate surface area is 157 Å². The van der Waals surface area contributed by atoms with Crippen LogP contribution in [0.5, 0.6) is 0 Å². The molecule has 27 heavy (non-hydrogen) atoms. The fourth-order valence-electron chi connectivity index (χ4n) is 3.38. The molecule has 3 rings (SSSR count). The van der Waals surface area contributed by atoms with Crippen molar-refractivity contribution in [2.45, 2.75) is 32.6 Å². The first kappa shape index (κ1) is 18.8. The Balaban J connectivity index is 1.55. The minimum atomic E-state index is -0.786. The van der Waals surface area contributed by atoms with Gasteiger partial charge in [0, 0.05) is 12.2 Å². The second-order valence-corrected chi connectivity index (χ2v) is 6.48. The molecule has 1 aliphatic heterocycles. The van der Waals surface area contributed by atoms with Crippen LogP contribution in [0.3, 0.4) is 0 Å². The molecule has 0 fully saturated rings. The minimum absolute atomic E-state index is 0.271. The Hall–Kier alpha value is -2.96. The van der Waals surface area contributed by atoms with E-state index in [0.717, 1.165) is 36.3 Å². The largest absolute Gasteiger partial charge is 0.454 e. The number of fused-ring (bicyclic) bond motifs is 1. The van der Waals surface area contributed by atoms with Crippen LogP contribution in [0, 0.1) is 0 Å². The summed E-state index contributed by atoms with van der Waals surface area (Å²) in [6, 6.07) is 6.40. The van der Waals surface area contributed by atoms with Crippen molar-refractivity contribution in [2.24, 2.45) is 0 Å². The molecular weight excluding hydrogens is 348 g/mol. The first-order valence-electron chi connectivity index (χ1n) is 9.13. The van der Waals surface area contributed by atoms with E-state index in [9.17, 15) is 19.2 Å². The Morgan fingerprint density at radius 2 is 1.78 bits per heavy atom. The average Bonchev–Trinajstić information content (AvgIpc) is 2.93. The van der Waals surface area contributed by atoms with Crippen LogP contribution >= 0.6 is 0 Å². The molecule has 1 aromatic carbocycles. The third kappa shape index (κ3) is 3.92. The predicted octanol–water partition coefficient (Wildman–Crippen LogP) is 2.13. The van der Waals surface area contributed by atoms with E-state index in [0.29, 0.717) is 6.54 Å². The summed E-state index contributed by atoms with van der Waals surface area (Å²) >= 11 is 0. The summed E-state index contributed by atoms with van der Waals surface area (Å²) < 4.78 is 5.03. The van der Waals surface area contributed by atoms with E-state index in [-0.39, 0.29) is 17.0 Å². The predicted molar refractivity (Wildman–Crippen MR) is 96.7 cm³/mol. The van der Waals surface area contributed by atoms with Gasteiger partial charge in [-0.1, -0.05) is 18.2 Å². The van der Waals surface area contributed by atoms with Gasteiger partial charge in [0.2, 0.25) is 0 Å². The van der Waals surface area contributed by atoms with Crippen LogP contribution in [0.25, 0.3) is 0 Å². The molecule has 0 unspecified atom stereocenters. The number of rotatable bonds is 6. The van der Waals surface area contributed by atoms with Crippen LogP contribution in [-0.4, -0.2) is 53.2 Å². The maximum absolute atomic E-state index is 12.4. The van der Waals surface area contributed by atoms with Gasteiger partial charge in [0.15, 0.2) is 6.61 Å². The summed E-state index contributed by atoms with van der Waals surface area (Å²) in [5.74, 6) is -2.14. The van der Waals surface area contributed by atoms with Gasteiger partial charge in [-0.2, -0.15) is 0 Å². The van der Waals surface area contributed by atoms with E-state index in [1.54, 1.807) is 29.2 Å². The van der Waals surface area contributed by atoms with Crippen molar-refractivity contribution in [2.75, 3.05) is 19.7 Å². The molecule has 0 saturated heterocycles. The Bertz CT molecular complexity index is 779. The van der Waals surface area contributed by atoms with E-state index in [1.807, 2.05) is 13.0 Å². The lowest BCUT2D eigenvalue weighted by molar-refractivity contribution is -0.151. The van der Waals surface area contributed by atoms with Gasteiger partial charge < -0.3 is 9.64 Å². The number of hydrogen-bond donors (Lipinski definition) is 0. The fourth-order valence-corrected chi connectivity index (χ4v) is 3.38. The lowest BCUT2D eigenvalue weighted by atomic mass is 10.0. The van der Waals surface area contributed by atoms with Gasteiger partial charge in [0.1, 0.15) is 6.54 Å². The smallest absolute Gasteiger partial charge is 0.326 e. The van der Waals surface area contributed by atoms with E-state index < -0.39 is 30.9 Å². The van der Waals surface area contributed by atoms with Gasteiger partial charge in [0.05, 0.1) is 11.1 Å². The summed E-state index contributed by atoms with van der Waals surface area (Å²) in [6.45, 7) is 1.45. The molecule has 0 aromatic heterocycles. The number of hydrogen-bond acceptors (Lipinski definition) is 5. The first-order valence-corrected chi connectivity index (χ1v) is 9.13. The first-order chi connectivity index (χ1) is 13.0. The number of amides is 3. The molecular formula is C20H22N2O5. The second-order valence-electron chi connectivity index (χ2n) is 6.48. The molecule has 7 heteroatoms. The molecule has 0 saturated carbocycles. The lowest BCUT2D eigenvalue weighted by Gasteiger charge is -2.26. The molecule has 0 spiro atoms. The van der Waals surface area contributed by atoms with Crippen LogP contribution in [0.1, 0.15) is 53.3 Å². The molecule has 1 aromatic rings. The number of imide groups is 1. The van der Waals surface area contributed by atoms with Crippen molar-refractivity contribution in [3.05, 3.63) is 47.2 Å². The highest BCUT2D eigenvalue weighted by Gasteiger charge is 2.36. The number of allylic oxidation sites excluding steroid dienone is 2. The van der Waals surface area contributed by atoms with Gasteiger partial charge in [-0.25, -0.2) is 0 Å². The number of esters is 1. The van der Waals surface area contributed by atoms with E-state index >= 15 is 0 Å². The van der Waals surface area contributed by atoms with Crippen molar-refractivity contribution < 1.29 is 23.9 Å².